The Bertz CT molecular complexity index is 1690. The van der Waals surface area contributed by atoms with Gasteiger partial charge in [-0.05, 0) is 71.1 Å². The summed E-state index contributed by atoms with van der Waals surface area (Å²) in [6.07, 6.45) is 0. The number of anilines is 2. The molecule has 1 aliphatic heterocycles. The summed E-state index contributed by atoms with van der Waals surface area (Å²) in [5, 5.41) is 2.90. The minimum absolute atomic E-state index is 0.0661. The summed E-state index contributed by atoms with van der Waals surface area (Å²) in [7, 11) is 1.54. The maximum atomic E-state index is 14.2. The number of Topliss-reactive ketones (excluding diaryl/α,β-unsaturated/α-hetero) is 1. The van der Waals surface area contributed by atoms with Crippen molar-refractivity contribution < 1.29 is 28.3 Å². The van der Waals surface area contributed by atoms with Crippen LogP contribution < -0.4 is 15.0 Å². The third-order valence-corrected chi connectivity index (χ3v) is 7.60. The lowest BCUT2D eigenvalue weighted by Gasteiger charge is -2.33. The van der Waals surface area contributed by atoms with Crippen LogP contribution in [0.5, 0.6) is 5.75 Å². The molecule has 0 aliphatic carbocycles. The molecular formula is C35H32FN3O5. The van der Waals surface area contributed by atoms with E-state index in [1.165, 1.54) is 35.2 Å². The molecule has 1 heterocycles. The van der Waals surface area contributed by atoms with Gasteiger partial charge in [0.2, 0.25) is 5.91 Å². The predicted octanol–water partition coefficient (Wildman–Crippen LogP) is 5.90. The zero-order chi connectivity index (χ0) is 31.4. The van der Waals surface area contributed by atoms with E-state index in [1.807, 2.05) is 12.1 Å². The number of carbonyl (C=O) groups excluding carboxylic acids is 4. The molecular weight excluding hydrogens is 561 g/mol. The number of methoxy groups -OCH3 is 1. The van der Waals surface area contributed by atoms with Gasteiger partial charge in [0.25, 0.3) is 17.6 Å². The molecule has 1 aliphatic rings. The summed E-state index contributed by atoms with van der Waals surface area (Å²) >= 11 is 0. The molecule has 0 spiro atoms. The van der Waals surface area contributed by atoms with Gasteiger partial charge in [-0.25, -0.2) is 4.39 Å². The maximum absolute atomic E-state index is 14.2. The lowest BCUT2D eigenvalue weighted by Crippen LogP contribution is -2.46. The molecule has 8 nitrogen and oxygen atoms in total. The molecule has 0 saturated carbocycles. The zero-order valence-electron chi connectivity index (χ0n) is 24.6. The molecule has 0 fully saturated rings. The number of nitrogens with zero attached hydrogens (tertiary/aromatic N) is 2. The van der Waals surface area contributed by atoms with Gasteiger partial charge in [0, 0.05) is 12.2 Å². The Morgan fingerprint density at radius 2 is 1.50 bits per heavy atom. The van der Waals surface area contributed by atoms with Gasteiger partial charge in [0.1, 0.15) is 24.2 Å². The van der Waals surface area contributed by atoms with Crippen molar-refractivity contribution >= 4 is 34.9 Å². The van der Waals surface area contributed by atoms with Gasteiger partial charge in [-0.1, -0.05) is 62.4 Å². The first-order valence-electron chi connectivity index (χ1n) is 14.2. The van der Waals surface area contributed by atoms with Crippen LogP contribution in [0.15, 0.2) is 97.1 Å². The largest absolute Gasteiger partial charge is 0.497 e. The number of rotatable bonds is 10. The number of amides is 3. The summed E-state index contributed by atoms with van der Waals surface area (Å²) in [4.78, 5) is 56.4. The number of nitrogens with one attached hydrogen (secondary N) is 1. The van der Waals surface area contributed by atoms with E-state index in [9.17, 15) is 23.6 Å². The summed E-state index contributed by atoms with van der Waals surface area (Å²) in [6.45, 7) is 3.57. The number of hydrogen-bond donors (Lipinski definition) is 1. The van der Waals surface area contributed by atoms with Crippen molar-refractivity contribution in [1.82, 2.24) is 4.90 Å². The predicted molar refractivity (Wildman–Crippen MR) is 165 cm³/mol. The van der Waals surface area contributed by atoms with Gasteiger partial charge >= 0.3 is 0 Å². The van der Waals surface area contributed by atoms with E-state index in [1.54, 1.807) is 61.7 Å². The standard InChI is InChI=1S/C35H32FN3O5/c1-22(2)24-10-12-25(13-11-24)32(34(42)37-27-16-18-28(44-3)19-17-27)39(20-23-8-14-26(36)15-9-23)31(40)21-38-30-7-5-4-6-29(30)33(41)35(38)43/h4-19,22,32H,20-21H2,1-3H3,(H,37,42)/t32-/m1/s1. The van der Waals surface area contributed by atoms with Gasteiger partial charge < -0.3 is 15.0 Å². The Hall–Kier alpha value is -5.31. The Balaban J connectivity index is 1.55. The number of hydrogen-bond acceptors (Lipinski definition) is 5. The molecule has 0 saturated heterocycles. The normalized spacial score (nSPS) is 13.1. The molecule has 1 N–H and O–H groups in total. The summed E-state index contributed by atoms with van der Waals surface area (Å²) < 4.78 is 19.0. The molecule has 0 unspecified atom stereocenters. The van der Waals surface area contributed by atoms with Crippen molar-refractivity contribution in [3.63, 3.8) is 0 Å². The van der Waals surface area contributed by atoms with E-state index in [-0.39, 0.29) is 18.0 Å². The third-order valence-electron chi connectivity index (χ3n) is 7.60. The van der Waals surface area contributed by atoms with Gasteiger partial charge in [-0.2, -0.15) is 0 Å². The van der Waals surface area contributed by atoms with E-state index in [0.29, 0.717) is 28.3 Å². The number of fused-ring (bicyclic) bond motifs is 1. The van der Waals surface area contributed by atoms with Crippen molar-refractivity contribution in [3.8, 4) is 5.75 Å². The van der Waals surface area contributed by atoms with Crippen LogP contribution in [0.4, 0.5) is 15.8 Å². The highest BCUT2D eigenvalue weighted by molar-refractivity contribution is 6.52. The van der Waals surface area contributed by atoms with Gasteiger partial charge in [-0.15, -0.1) is 0 Å². The van der Waals surface area contributed by atoms with Gasteiger partial charge in [0.15, 0.2) is 0 Å². The minimum Gasteiger partial charge on any atom is -0.497 e. The third kappa shape index (κ3) is 6.36. The summed E-state index contributed by atoms with van der Waals surface area (Å²) in [5.41, 5.74) is 3.21. The number of para-hydroxylation sites is 1. The lowest BCUT2D eigenvalue weighted by atomic mass is 9.97. The van der Waals surface area contributed by atoms with Crippen LogP contribution in [0.2, 0.25) is 0 Å². The van der Waals surface area contributed by atoms with Crippen molar-refractivity contribution in [2.45, 2.75) is 32.4 Å². The highest BCUT2D eigenvalue weighted by Gasteiger charge is 2.39. The van der Waals surface area contributed by atoms with E-state index >= 15 is 0 Å². The molecule has 5 rings (SSSR count). The topological polar surface area (TPSA) is 96.0 Å². The van der Waals surface area contributed by atoms with Crippen LogP contribution in [-0.4, -0.2) is 42.1 Å². The summed E-state index contributed by atoms with van der Waals surface area (Å²) in [6, 6.07) is 25.2. The van der Waals surface area contributed by atoms with E-state index in [2.05, 4.69) is 19.2 Å². The van der Waals surface area contributed by atoms with Crippen molar-refractivity contribution in [3.05, 3.63) is 125 Å². The zero-order valence-corrected chi connectivity index (χ0v) is 24.6. The average Bonchev–Trinajstić information content (AvgIpc) is 3.27. The Labute approximate surface area is 255 Å². The molecule has 0 aromatic heterocycles. The summed E-state index contributed by atoms with van der Waals surface area (Å²) in [5.74, 6) is -2.17. The minimum atomic E-state index is -1.14. The molecule has 9 heteroatoms. The van der Waals surface area contributed by atoms with Crippen LogP contribution in [0.1, 0.15) is 52.9 Å². The van der Waals surface area contributed by atoms with Crippen molar-refractivity contribution in [1.29, 1.82) is 0 Å². The molecule has 224 valence electrons. The monoisotopic (exact) mass is 593 g/mol. The second-order valence-corrected chi connectivity index (χ2v) is 10.8. The molecule has 0 radical (unpaired) electrons. The highest BCUT2D eigenvalue weighted by Crippen LogP contribution is 2.31. The van der Waals surface area contributed by atoms with Crippen LogP contribution in [0, 0.1) is 5.82 Å². The van der Waals surface area contributed by atoms with Crippen molar-refractivity contribution in [2.75, 3.05) is 23.9 Å². The maximum Gasteiger partial charge on any atom is 0.299 e. The average molecular weight is 594 g/mol. The van der Waals surface area contributed by atoms with E-state index in [4.69, 9.17) is 4.74 Å². The fourth-order valence-corrected chi connectivity index (χ4v) is 5.16. The van der Waals surface area contributed by atoms with Crippen molar-refractivity contribution in [2.24, 2.45) is 0 Å². The number of benzene rings is 4. The smallest absolute Gasteiger partial charge is 0.299 e. The van der Waals surface area contributed by atoms with E-state index in [0.717, 1.165) is 10.5 Å². The number of ether oxygens (including phenoxy) is 1. The van der Waals surface area contributed by atoms with Crippen LogP contribution >= 0.6 is 0 Å². The van der Waals surface area contributed by atoms with E-state index < -0.39 is 41.9 Å². The number of carbonyl (C=O) groups is 4. The second-order valence-electron chi connectivity index (χ2n) is 10.8. The first kappa shape index (κ1) is 30.2. The fourth-order valence-electron chi connectivity index (χ4n) is 5.16. The Morgan fingerprint density at radius 3 is 2.14 bits per heavy atom. The first-order valence-corrected chi connectivity index (χ1v) is 14.2. The fraction of sp³-hybridized carbons (Fsp3) is 0.200. The quantitative estimate of drug-likeness (QED) is 0.231. The molecule has 4 aromatic carbocycles. The van der Waals surface area contributed by atoms with Crippen LogP contribution in [-0.2, 0) is 20.9 Å². The second kappa shape index (κ2) is 12.9. The lowest BCUT2D eigenvalue weighted by molar-refractivity contribution is -0.139. The Morgan fingerprint density at radius 1 is 0.864 bits per heavy atom. The first-order chi connectivity index (χ1) is 21.2. The van der Waals surface area contributed by atoms with Crippen LogP contribution in [0.3, 0.4) is 0 Å². The van der Waals surface area contributed by atoms with Crippen LogP contribution in [0.25, 0.3) is 0 Å². The molecule has 3 amide bonds. The molecule has 44 heavy (non-hydrogen) atoms. The highest BCUT2D eigenvalue weighted by atomic mass is 19.1. The van der Waals surface area contributed by atoms with Gasteiger partial charge in [0.05, 0.1) is 18.4 Å². The number of ketones is 1. The van der Waals surface area contributed by atoms with Gasteiger partial charge in [-0.3, -0.25) is 24.1 Å². The molecule has 0 bridgehead atoms. The SMILES string of the molecule is COc1ccc(NC(=O)[C@@H](c2ccc(C(C)C)cc2)N(Cc2ccc(F)cc2)C(=O)CN2C(=O)C(=O)c3ccccc32)cc1. The molecule has 1 atom stereocenters. The molecule has 4 aromatic rings. The number of halogens is 1. The Kier molecular flexibility index (Phi) is 8.85.